The predicted molar refractivity (Wildman–Crippen MR) is 168 cm³/mol. The summed E-state index contributed by atoms with van der Waals surface area (Å²) in [6.07, 6.45) is 1.02. The predicted octanol–water partition coefficient (Wildman–Crippen LogP) is 6.23. The lowest BCUT2D eigenvalue weighted by atomic mass is 10.1. The Kier molecular flexibility index (Phi) is 11.7. The molecule has 0 spiro atoms. The van der Waals surface area contributed by atoms with Gasteiger partial charge in [-0.25, -0.2) is 8.42 Å². The Labute approximate surface area is 258 Å². The summed E-state index contributed by atoms with van der Waals surface area (Å²) in [6, 6.07) is 16.8. The highest BCUT2D eigenvalue weighted by atomic mass is 35.5. The molecule has 0 aromatic heterocycles. The van der Waals surface area contributed by atoms with Gasteiger partial charge in [-0.15, -0.1) is 0 Å². The Morgan fingerprint density at radius 1 is 0.929 bits per heavy atom. The van der Waals surface area contributed by atoms with E-state index in [1.165, 1.54) is 24.1 Å². The number of carbonyl (C=O) groups is 2. The van der Waals surface area contributed by atoms with E-state index in [-0.39, 0.29) is 23.4 Å². The number of ether oxygens (including phenoxy) is 1. The summed E-state index contributed by atoms with van der Waals surface area (Å²) in [5.74, 6) is -0.372. The van der Waals surface area contributed by atoms with Gasteiger partial charge >= 0.3 is 0 Å². The van der Waals surface area contributed by atoms with Crippen molar-refractivity contribution in [1.82, 2.24) is 10.2 Å². The van der Waals surface area contributed by atoms with Crippen LogP contribution in [0.25, 0.3) is 0 Å². The summed E-state index contributed by atoms with van der Waals surface area (Å²) in [5, 5.41) is 3.62. The molecule has 11 heteroatoms. The Morgan fingerprint density at radius 3 is 2.12 bits per heavy atom. The van der Waals surface area contributed by atoms with Gasteiger partial charge in [-0.3, -0.25) is 13.9 Å². The first-order valence-electron chi connectivity index (χ1n) is 13.7. The highest BCUT2D eigenvalue weighted by Gasteiger charge is 2.34. The second kappa shape index (κ2) is 14.8. The van der Waals surface area contributed by atoms with Crippen molar-refractivity contribution < 1.29 is 22.7 Å². The quantitative estimate of drug-likeness (QED) is 0.241. The van der Waals surface area contributed by atoms with Crippen LogP contribution in [0.15, 0.2) is 71.6 Å². The Balaban J connectivity index is 2.07. The van der Waals surface area contributed by atoms with Gasteiger partial charge in [-0.2, -0.15) is 0 Å². The molecule has 3 aromatic carbocycles. The zero-order valence-electron chi connectivity index (χ0n) is 24.4. The van der Waals surface area contributed by atoms with Crippen LogP contribution in [-0.2, 0) is 26.2 Å². The van der Waals surface area contributed by atoms with E-state index in [1.807, 2.05) is 27.7 Å². The molecule has 0 aliphatic rings. The Morgan fingerprint density at radius 2 is 1.57 bits per heavy atom. The normalized spacial score (nSPS) is 12.7. The summed E-state index contributed by atoms with van der Waals surface area (Å²) < 4.78 is 34.2. The molecular weight excluding hydrogens is 597 g/mol. The number of halogens is 2. The van der Waals surface area contributed by atoms with Gasteiger partial charge < -0.3 is 15.0 Å². The van der Waals surface area contributed by atoms with Gasteiger partial charge in [0.15, 0.2) is 0 Å². The van der Waals surface area contributed by atoms with Crippen LogP contribution in [-0.4, -0.2) is 50.9 Å². The molecule has 0 radical (unpaired) electrons. The van der Waals surface area contributed by atoms with E-state index >= 15 is 0 Å². The largest absolute Gasteiger partial charge is 0.497 e. The van der Waals surface area contributed by atoms with Crippen LogP contribution in [0, 0.1) is 6.92 Å². The van der Waals surface area contributed by atoms with Gasteiger partial charge in [-0.1, -0.05) is 60.8 Å². The van der Waals surface area contributed by atoms with Crippen molar-refractivity contribution in [2.45, 2.75) is 64.1 Å². The fraction of sp³-hybridized carbons (Fsp3) is 0.355. The standard InChI is InChI=1S/C31H37Cl2N3O5S/c1-6-22(4)34-31(38)29(7-2)35(19-23-10-17-27(32)28(33)18-23)30(37)20-36(24-11-8-21(3)9-12-24)42(39,40)26-15-13-25(41-5)14-16-26/h8-18,22,29H,6-7,19-20H2,1-5H3,(H,34,38)/t22-,29+/m1/s1. The zero-order chi connectivity index (χ0) is 31.0. The molecule has 0 fully saturated rings. The molecule has 3 rings (SSSR count). The van der Waals surface area contributed by atoms with Crippen molar-refractivity contribution in [3.8, 4) is 5.75 Å². The van der Waals surface area contributed by atoms with Crippen LogP contribution in [0.4, 0.5) is 5.69 Å². The number of nitrogens with one attached hydrogen (secondary N) is 1. The van der Waals surface area contributed by atoms with Gasteiger partial charge in [-0.05, 0) is 80.8 Å². The van der Waals surface area contributed by atoms with Crippen LogP contribution in [0.2, 0.25) is 10.0 Å². The maximum Gasteiger partial charge on any atom is 0.264 e. The maximum atomic E-state index is 14.1. The Hall–Kier alpha value is -3.27. The van der Waals surface area contributed by atoms with Gasteiger partial charge in [0.1, 0.15) is 18.3 Å². The number of sulfonamides is 1. The number of carbonyl (C=O) groups excluding carboxylic acids is 2. The SMILES string of the molecule is CC[C@@H](C)NC(=O)[C@H](CC)N(Cc1ccc(Cl)c(Cl)c1)C(=O)CN(c1ccc(C)cc1)S(=O)(=O)c1ccc(OC)cc1. The molecule has 0 aliphatic heterocycles. The van der Waals surface area contributed by atoms with Crippen LogP contribution in [0.1, 0.15) is 44.7 Å². The summed E-state index contributed by atoms with van der Waals surface area (Å²) in [5.41, 5.74) is 1.89. The fourth-order valence-electron chi connectivity index (χ4n) is 4.31. The number of hydrogen-bond acceptors (Lipinski definition) is 5. The van der Waals surface area contributed by atoms with Gasteiger partial charge in [0.2, 0.25) is 11.8 Å². The van der Waals surface area contributed by atoms with Crippen molar-refractivity contribution in [3.63, 3.8) is 0 Å². The van der Waals surface area contributed by atoms with E-state index in [0.717, 1.165) is 9.87 Å². The number of amides is 2. The van der Waals surface area contributed by atoms with Gasteiger partial charge in [0, 0.05) is 12.6 Å². The van der Waals surface area contributed by atoms with E-state index in [2.05, 4.69) is 5.32 Å². The van der Waals surface area contributed by atoms with Crippen LogP contribution in [0.5, 0.6) is 5.75 Å². The fourth-order valence-corrected chi connectivity index (χ4v) is 6.04. The number of methoxy groups -OCH3 is 1. The number of rotatable bonds is 13. The summed E-state index contributed by atoms with van der Waals surface area (Å²) in [7, 11) is -2.70. The lowest BCUT2D eigenvalue weighted by molar-refractivity contribution is -0.140. The topological polar surface area (TPSA) is 96.0 Å². The number of anilines is 1. The second-order valence-corrected chi connectivity index (χ2v) is 12.7. The van der Waals surface area contributed by atoms with Crippen molar-refractivity contribution in [2.75, 3.05) is 18.0 Å². The minimum absolute atomic E-state index is 0.00531. The molecule has 0 aliphatic carbocycles. The lowest BCUT2D eigenvalue weighted by Crippen LogP contribution is -2.53. The third kappa shape index (κ3) is 8.18. The molecule has 1 N–H and O–H groups in total. The Bertz CT molecular complexity index is 1480. The van der Waals surface area contributed by atoms with Crippen molar-refractivity contribution in [3.05, 3.63) is 87.9 Å². The number of nitrogens with zero attached hydrogens (tertiary/aromatic N) is 2. The smallest absolute Gasteiger partial charge is 0.264 e. The first-order valence-corrected chi connectivity index (χ1v) is 15.9. The molecular formula is C31H37Cl2N3O5S. The minimum Gasteiger partial charge on any atom is -0.497 e. The average Bonchev–Trinajstić information content (AvgIpc) is 2.97. The van der Waals surface area contributed by atoms with Crippen molar-refractivity contribution in [2.24, 2.45) is 0 Å². The maximum absolute atomic E-state index is 14.1. The van der Waals surface area contributed by atoms with E-state index in [1.54, 1.807) is 54.6 Å². The molecule has 3 aromatic rings. The summed E-state index contributed by atoms with van der Waals surface area (Å²) >= 11 is 12.4. The zero-order valence-corrected chi connectivity index (χ0v) is 26.8. The molecule has 2 atom stereocenters. The van der Waals surface area contributed by atoms with Gasteiger partial charge in [0.25, 0.3) is 10.0 Å². The van der Waals surface area contributed by atoms with Crippen LogP contribution < -0.4 is 14.4 Å². The minimum atomic E-state index is -4.19. The van der Waals surface area contributed by atoms with Crippen LogP contribution in [0.3, 0.4) is 0 Å². The highest BCUT2D eigenvalue weighted by molar-refractivity contribution is 7.92. The number of hydrogen-bond donors (Lipinski definition) is 1. The number of aryl methyl sites for hydroxylation is 1. The van der Waals surface area contributed by atoms with Crippen molar-refractivity contribution in [1.29, 1.82) is 0 Å². The summed E-state index contributed by atoms with van der Waals surface area (Å²) in [4.78, 5) is 28.9. The highest BCUT2D eigenvalue weighted by Crippen LogP contribution is 2.28. The first kappa shape index (κ1) is 33.2. The van der Waals surface area contributed by atoms with E-state index in [4.69, 9.17) is 27.9 Å². The second-order valence-electron chi connectivity index (χ2n) is 10.0. The third-order valence-electron chi connectivity index (χ3n) is 6.97. The van der Waals surface area contributed by atoms with Crippen molar-refractivity contribution >= 4 is 50.7 Å². The van der Waals surface area contributed by atoms with E-state index in [9.17, 15) is 18.0 Å². The third-order valence-corrected chi connectivity index (χ3v) is 9.50. The molecule has 0 saturated heterocycles. The summed E-state index contributed by atoms with van der Waals surface area (Å²) in [6.45, 7) is 7.02. The lowest BCUT2D eigenvalue weighted by Gasteiger charge is -2.33. The molecule has 8 nitrogen and oxygen atoms in total. The van der Waals surface area contributed by atoms with Crippen LogP contribution >= 0.6 is 23.2 Å². The van der Waals surface area contributed by atoms with E-state index < -0.39 is 28.5 Å². The molecule has 0 saturated carbocycles. The van der Waals surface area contributed by atoms with E-state index in [0.29, 0.717) is 39.9 Å². The first-order chi connectivity index (χ1) is 19.9. The number of benzene rings is 3. The molecule has 2 amide bonds. The molecule has 0 bridgehead atoms. The molecule has 42 heavy (non-hydrogen) atoms. The monoisotopic (exact) mass is 633 g/mol. The molecule has 0 heterocycles. The van der Waals surface area contributed by atoms with Gasteiger partial charge in [0.05, 0.1) is 27.7 Å². The molecule has 0 unspecified atom stereocenters. The molecule has 226 valence electrons. The average molecular weight is 635 g/mol.